The first-order valence-corrected chi connectivity index (χ1v) is 4.48. The highest BCUT2D eigenvalue weighted by molar-refractivity contribution is 5.33. The Bertz CT molecular complexity index is 325. The van der Waals surface area contributed by atoms with Crippen LogP contribution in [0, 0.1) is 0 Å². The molecule has 0 aliphatic carbocycles. The Kier molecular flexibility index (Phi) is 2.14. The highest BCUT2D eigenvalue weighted by Gasteiger charge is 2.18. The minimum atomic E-state index is 0.729. The summed E-state index contributed by atoms with van der Waals surface area (Å²) in [5.41, 5.74) is 2.20. The van der Waals surface area contributed by atoms with Gasteiger partial charge in [-0.3, -0.25) is 0 Å². The van der Waals surface area contributed by atoms with Gasteiger partial charge in [-0.15, -0.1) is 0 Å². The van der Waals surface area contributed by atoms with Crippen LogP contribution in [-0.4, -0.2) is 17.1 Å². The molecule has 1 aromatic heterocycles. The van der Waals surface area contributed by atoms with Crippen molar-refractivity contribution in [2.45, 2.75) is 26.4 Å². The zero-order valence-corrected chi connectivity index (χ0v) is 7.92. The number of nitrogens with zero attached hydrogens (tertiary/aromatic N) is 2. The zero-order chi connectivity index (χ0) is 9.26. The van der Waals surface area contributed by atoms with Gasteiger partial charge in [-0.2, -0.15) is 4.98 Å². The molecule has 0 radical (unpaired) electrons. The third kappa shape index (κ3) is 1.37. The van der Waals surface area contributed by atoms with Gasteiger partial charge in [0.2, 0.25) is 5.88 Å². The van der Waals surface area contributed by atoms with Gasteiger partial charge in [0.05, 0.1) is 18.4 Å². The summed E-state index contributed by atoms with van der Waals surface area (Å²) in [6.45, 7) is 3.70. The first-order valence-electron chi connectivity index (χ1n) is 4.48. The molecule has 4 heteroatoms. The van der Waals surface area contributed by atoms with Gasteiger partial charge in [-0.05, 0) is 0 Å². The Morgan fingerprint density at radius 3 is 2.92 bits per heavy atom. The number of aromatic nitrogens is 2. The smallest absolute Gasteiger partial charge is 0.221 e. The topological polar surface area (TPSA) is 47.0 Å². The SMILES string of the molecule is CCc1nc2c(c(OC)n1)CNC2. The van der Waals surface area contributed by atoms with Crippen LogP contribution in [0.5, 0.6) is 5.88 Å². The maximum atomic E-state index is 5.21. The summed E-state index contributed by atoms with van der Waals surface area (Å²) in [6.07, 6.45) is 0.851. The number of methoxy groups -OCH3 is 1. The molecule has 0 unspecified atom stereocenters. The van der Waals surface area contributed by atoms with Crippen molar-refractivity contribution >= 4 is 0 Å². The second-order valence-electron chi connectivity index (χ2n) is 3.03. The second kappa shape index (κ2) is 3.30. The van der Waals surface area contributed by atoms with Gasteiger partial charge in [-0.1, -0.05) is 6.92 Å². The Morgan fingerprint density at radius 1 is 1.38 bits per heavy atom. The molecule has 4 nitrogen and oxygen atoms in total. The van der Waals surface area contributed by atoms with Crippen LogP contribution in [0.25, 0.3) is 0 Å². The lowest BCUT2D eigenvalue weighted by atomic mass is 10.2. The molecular weight excluding hydrogens is 166 g/mol. The molecule has 2 heterocycles. The average molecular weight is 179 g/mol. The Morgan fingerprint density at radius 2 is 2.23 bits per heavy atom. The van der Waals surface area contributed by atoms with Gasteiger partial charge in [0, 0.05) is 19.5 Å². The van der Waals surface area contributed by atoms with Crippen molar-refractivity contribution in [2.24, 2.45) is 0 Å². The number of ether oxygens (including phenoxy) is 1. The Balaban J connectivity index is 2.49. The molecule has 0 saturated heterocycles. The lowest BCUT2D eigenvalue weighted by molar-refractivity contribution is 0.389. The third-order valence-electron chi connectivity index (χ3n) is 2.20. The van der Waals surface area contributed by atoms with Crippen molar-refractivity contribution in [1.29, 1.82) is 0 Å². The molecule has 0 saturated carbocycles. The monoisotopic (exact) mass is 179 g/mol. The van der Waals surface area contributed by atoms with E-state index in [4.69, 9.17) is 4.74 Å². The molecule has 1 N–H and O–H groups in total. The summed E-state index contributed by atoms with van der Waals surface area (Å²) in [5.74, 6) is 1.59. The Labute approximate surface area is 77.4 Å². The minimum absolute atomic E-state index is 0.729. The standard InChI is InChI=1S/C9H13N3O/c1-3-8-11-7-5-10-4-6(7)9(12-8)13-2/h10H,3-5H2,1-2H3. The molecule has 0 atom stereocenters. The van der Waals surface area contributed by atoms with Crippen molar-refractivity contribution in [2.75, 3.05) is 7.11 Å². The van der Waals surface area contributed by atoms with Gasteiger partial charge in [0.25, 0.3) is 0 Å². The number of nitrogens with one attached hydrogen (secondary N) is 1. The van der Waals surface area contributed by atoms with Crippen molar-refractivity contribution in [3.63, 3.8) is 0 Å². The summed E-state index contributed by atoms with van der Waals surface area (Å²) in [6, 6.07) is 0. The molecule has 13 heavy (non-hydrogen) atoms. The first kappa shape index (κ1) is 8.44. The van der Waals surface area contributed by atoms with Crippen LogP contribution in [0.4, 0.5) is 0 Å². The van der Waals surface area contributed by atoms with Crippen LogP contribution in [0.1, 0.15) is 24.0 Å². The fourth-order valence-corrected chi connectivity index (χ4v) is 1.51. The predicted octanol–water partition coefficient (Wildman–Crippen LogP) is 0.651. The van der Waals surface area contributed by atoms with Crippen LogP contribution in [-0.2, 0) is 19.5 Å². The molecule has 1 aromatic rings. The minimum Gasteiger partial charge on any atom is -0.481 e. The molecule has 0 aromatic carbocycles. The summed E-state index contributed by atoms with van der Waals surface area (Å²) >= 11 is 0. The summed E-state index contributed by atoms with van der Waals surface area (Å²) < 4.78 is 5.21. The molecule has 0 fully saturated rings. The number of hydrogen-bond donors (Lipinski definition) is 1. The van der Waals surface area contributed by atoms with E-state index in [0.29, 0.717) is 0 Å². The highest BCUT2D eigenvalue weighted by Crippen LogP contribution is 2.22. The van der Waals surface area contributed by atoms with Crippen LogP contribution in [0.2, 0.25) is 0 Å². The fourth-order valence-electron chi connectivity index (χ4n) is 1.51. The lowest BCUT2D eigenvalue weighted by Gasteiger charge is -2.06. The molecule has 1 aliphatic heterocycles. The number of rotatable bonds is 2. The maximum Gasteiger partial charge on any atom is 0.221 e. The van der Waals surface area contributed by atoms with Gasteiger partial charge < -0.3 is 10.1 Å². The summed E-state index contributed by atoms with van der Waals surface area (Å²) in [4.78, 5) is 8.73. The molecule has 0 amide bonds. The summed E-state index contributed by atoms with van der Waals surface area (Å²) in [5, 5.41) is 3.23. The molecular formula is C9H13N3O. The highest BCUT2D eigenvalue weighted by atomic mass is 16.5. The van der Waals surface area contributed by atoms with Crippen molar-refractivity contribution in [1.82, 2.24) is 15.3 Å². The predicted molar refractivity (Wildman–Crippen MR) is 48.5 cm³/mol. The van der Waals surface area contributed by atoms with Crippen LogP contribution in [0.15, 0.2) is 0 Å². The van der Waals surface area contributed by atoms with E-state index in [0.717, 1.165) is 42.5 Å². The van der Waals surface area contributed by atoms with E-state index >= 15 is 0 Å². The van der Waals surface area contributed by atoms with E-state index in [-0.39, 0.29) is 0 Å². The van der Waals surface area contributed by atoms with E-state index < -0.39 is 0 Å². The van der Waals surface area contributed by atoms with E-state index in [9.17, 15) is 0 Å². The van der Waals surface area contributed by atoms with Crippen LogP contribution < -0.4 is 10.1 Å². The number of aryl methyl sites for hydroxylation is 1. The first-order chi connectivity index (χ1) is 6.35. The number of fused-ring (bicyclic) bond motifs is 1. The van der Waals surface area contributed by atoms with Crippen LogP contribution >= 0.6 is 0 Å². The van der Waals surface area contributed by atoms with Crippen molar-refractivity contribution < 1.29 is 4.74 Å². The fraction of sp³-hybridized carbons (Fsp3) is 0.556. The molecule has 2 rings (SSSR count). The van der Waals surface area contributed by atoms with E-state index in [1.807, 2.05) is 6.92 Å². The molecule has 0 spiro atoms. The molecule has 0 bridgehead atoms. The van der Waals surface area contributed by atoms with Gasteiger partial charge in [0.15, 0.2) is 0 Å². The largest absolute Gasteiger partial charge is 0.481 e. The van der Waals surface area contributed by atoms with Crippen molar-refractivity contribution in [3.8, 4) is 5.88 Å². The van der Waals surface area contributed by atoms with E-state index in [1.54, 1.807) is 7.11 Å². The maximum absolute atomic E-state index is 5.21. The number of hydrogen-bond acceptors (Lipinski definition) is 4. The van der Waals surface area contributed by atoms with E-state index in [2.05, 4.69) is 15.3 Å². The third-order valence-corrected chi connectivity index (χ3v) is 2.20. The normalized spacial score (nSPS) is 14.3. The molecule has 1 aliphatic rings. The van der Waals surface area contributed by atoms with Gasteiger partial charge in [0.1, 0.15) is 5.82 Å². The molecule has 70 valence electrons. The van der Waals surface area contributed by atoms with Crippen LogP contribution in [0.3, 0.4) is 0 Å². The van der Waals surface area contributed by atoms with Crippen molar-refractivity contribution in [3.05, 3.63) is 17.1 Å². The second-order valence-corrected chi connectivity index (χ2v) is 3.03. The lowest BCUT2D eigenvalue weighted by Crippen LogP contribution is -2.02. The quantitative estimate of drug-likeness (QED) is 0.724. The Hall–Kier alpha value is -1.16. The zero-order valence-electron chi connectivity index (χ0n) is 7.92. The van der Waals surface area contributed by atoms with E-state index in [1.165, 1.54) is 0 Å². The average Bonchev–Trinajstić information content (AvgIpc) is 2.63. The summed E-state index contributed by atoms with van der Waals surface area (Å²) in [7, 11) is 1.65. The van der Waals surface area contributed by atoms with Gasteiger partial charge in [-0.25, -0.2) is 4.98 Å². The van der Waals surface area contributed by atoms with Gasteiger partial charge >= 0.3 is 0 Å².